The molecule has 1 aliphatic heterocycles. The maximum Gasteiger partial charge on any atom is 0.220 e. The Kier molecular flexibility index (Phi) is 6.43. The van der Waals surface area contributed by atoms with Gasteiger partial charge in [0.15, 0.2) is 11.5 Å². The predicted octanol–water partition coefficient (Wildman–Crippen LogP) is 2.60. The molecule has 0 aromatic heterocycles. The topological polar surface area (TPSA) is 64.8 Å². The predicted molar refractivity (Wildman–Crippen MR) is 98.5 cm³/mol. The molecule has 1 aliphatic rings. The minimum Gasteiger partial charge on any atom is -0.493 e. The summed E-state index contributed by atoms with van der Waals surface area (Å²) in [5, 5.41) is 0. The van der Waals surface area contributed by atoms with Gasteiger partial charge in [0, 0.05) is 24.6 Å². The zero-order valence-electron chi connectivity index (χ0n) is 14.6. The van der Waals surface area contributed by atoms with Crippen molar-refractivity contribution >= 4 is 23.1 Å². The minimum atomic E-state index is -0.214. The number of thiocarbonyl (C=S) groups is 1. The molecule has 1 fully saturated rings. The number of hydrogen-bond acceptors (Lipinski definition) is 4. The van der Waals surface area contributed by atoms with E-state index < -0.39 is 0 Å². The first-order valence-corrected chi connectivity index (χ1v) is 8.72. The number of primary amides is 1. The van der Waals surface area contributed by atoms with E-state index in [1.807, 2.05) is 18.2 Å². The summed E-state index contributed by atoms with van der Waals surface area (Å²) in [6.45, 7) is 6.35. The van der Waals surface area contributed by atoms with Crippen molar-refractivity contribution in [3.8, 4) is 11.5 Å². The van der Waals surface area contributed by atoms with Crippen LogP contribution in [0.1, 0.15) is 32.3 Å². The van der Waals surface area contributed by atoms with E-state index >= 15 is 0 Å². The number of nitrogens with zero attached hydrogens (tertiary/aromatic N) is 1. The molecule has 24 heavy (non-hydrogen) atoms. The fourth-order valence-electron chi connectivity index (χ4n) is 2.73. The van der Waals surface area contributed by atoms with E-state index in [1.54, 1.807) is 7.11 Å². The van der Waals surface area contributed by atoms with E-state index in [-0.39, 0.29) is 11.8 Å². The summed E-state index contributed by atoms with van der Waals surface area (Å²) in [4.78, 5) is 14.2. The third-order valence-electron chi connectivity index (χ3n) is 4.17. The number of carbonyl (C=O) groups is 1. The lowest BCUT2D eigenvalue weighted by Crippen LogP contribution is -2.41. The van der Waals surface area contributed by atoms with E-state index in [4.69, 9.17) is 27.4 Å². The Morgan fingerprint density at radius 3 is 2.54 bits per heavy atom. The van der Waals surface area contributed by atoms with Crippen molar-refractivity contribution in [2.24, 2.45) is 17.6 Å². The van der Waals surface area contributed by atoms with Gasteiger partial charge in [-0.2, -0.15) is 0 Å². The summed E-state index contributed by atoms with van der Waals surface area (Å²) in [5.41, 5.74) is 6.31. The van der Waals surface area contributed by atoms with E-state index in [1.165, 1.54) is 0 Å². The van der Waals surface area contributed by atoms with Crippen LogP contribution in [0.4, 0.5) is 0 Å². The summed E-state index contributed by atoms with van der Waals surface area (Å²) in [7, 11) is 1.63. The van der Waals surface area contributed by atoms with Crippen LogP contribution in [0.15, 0.2) is 18.2 Å². The molecule has 1 aromatic rings. The Bertz CT molecular complexity index is 596. The zero-order valence-corrected chi connectivity index (χ0v) is 15.4. The maximum absolute atomic E-state index is 11.3. The standard InChI is InChI=1S/C18H26N2O3S/c1-12(2)11-23-15-5-4-14(10-16(15)22-3)18(24)20-8-6-13(7-9-20)17(19)21/h4-5,10,12-13H,6-9,11H2,1-3H3,(H2,19,21). The van der Waals surface area contributed by atoms with Gasteiger partial charge >= 0.3 is 0 Å². The molecule has 1 saturated heterocycles. The minimum absolute atomic E-state index is 0.0367. The number of rotatable bonds is 6. The normalized spacial score (nSPS) is 15.4. The number of hydrogen-bond donors (Lipinski definition) is 1. The van der Waals surface area contributed by atoms with Gasteiger partial charge in [0.2, 0.25) is 5.91 Å². The highest BCUT2D eigenvalue weighted by Crippen LogP contribution is 2.30. The first-order valence-electron chi connectivity index (χ1n) is 8.31. The summed E-state index contributed by atoms with van der Waals surface area (Å²) >= 11 is 5.62. The van der Waals surface area contributed by atoms with Crippen molar-refractivity contribution in [1.82, 2.24) is 4.90 Å². The fourth-order valence-corrected chi connectivity index (χ4v) is 3.04. The van der Waals surface area contributed by atoms with Gasteiger partial charge in [0.05, 0.1) is 13.7 Å². The molecule has 5 nitrogen and oxygen atoms in total. The Morgan fingerprint density at radius 2 is 2.00 bits per heavy atom. The van der Waals surface area contributed by atoms with Crippen LogP contribution in [0, 0.1) is 11.8 Å². The summed E-state index contributed by atoms with van der Waals surface area (Å²) in [6.07, 6.45) is 1.50. The molecule has 0 radical (unpaired) electrons. The van der Waals surface area contributed by atoms with Crippen molar-refractivity contribution in [2.75, 3.05) is 26.8 Å². The number of ether oxygens (including phenoxy) is 2. The molecule has 2 N–H and O–H groups in total. The third-order valence-corrected chi connectivity index (χ3v) is 4.66. The second-order valence-corrected chi connectivity index (χ2v) is 6.93. The van der Waals surface area contributed by atoms with Crippen molar-refractivity contribution in [3.63, 3.8) is 0 Å². The molecule has 132 valence electrons. The van der Waals surface area contributed by atoms with E-state index in [9.17, 15) is 4.79 Å². The van der Waals surface area contributed by atoms with Gasteiger partial charge in [0.25, 0.3) is 0 Å². The number of likely N-dealkylation sites (tertiary alicyclic amines) is 1. The molecule has 1 heterocycles. The number of nitrogens with two attached hydrogens (primary N) is 1. The molecular formula is C18H26N2O3S. The number of methoxy groups -OCH3 is 1. The molecular weight excluding hydrogens is 324 g/mol. The SMILES string of the molecule is COc1cc(C(=S)N2CCC(C(N)=O)CC2)ccc1OCC(C)C. The molecule has 0 bridgehead atoms. The summed E-state index contributed by atoms with van der Waals surface area (Å²) in [5.74, 6) is 1.61. The second-order valence-electron chi connectivity index (χ2n) is 6.54. The van der Waals surface area contributed by atoms with Crippen molar-refractivity contribution < 1.29 is 14.3 Å². The number of piperidine rings is 1. The largest absolute Gasteiger partial charge is 0.493 e. The average molecular weight is 350 g/mol. The van der Waals surface area contributed by atoms with Gasteiger partial charge in [0.1, 0.15) is 4.99 Å². The van der Waals surface area contributed by atoms with Crippen LogP contribution in [-0.2, 0) is 4.79 Å². The maximum atomic E-state index is 11.3. The smallest absolute Gasteiger partial charge is 0.220 e. The Hall–Kier alpha value is -1.82. The van der Waals surface area contributed by atoms with Crippen molar-refractivity contribution in [1.29, 1.82) is 0 Å². The average Bonchev–Trinajstić information content (AvgIpc) is 2.59. The lowest BCUT2D eigenvalue weighted by Gasteiger charge is -2.32. The van der Waals surface area contributed by atoms with Gasteiger partial charge < -0.3 is 20.1 Å². The van der Waals surface area contributed by atoms with E-state index in [2.05, 4.69) is 18.7 Å². The van der Waals surface area contributed by atoms with Crippen LogP contribution >= 0.6 is 12.2 Å². The van der Waals surface area contributed by atoms with Crippen molar-refractivity contribution in [3.05, 3.63) is 23.8 Å². The van der Waals surface area contributed by atoms with E-state index in [0.29, 0.717) is 18.3 Å². The Balaban J connectivity index is 2.06. The summed E-state index contributed by atoms with van der Waals surface area (Å²) in [6, 6.07) is 5.78. The van der Waals surface area contributed by atoms with Crippen LogP contribution in [0.25, 0.3) is 0 Å². The lowest BCUT2D eigenvalue weighted by atomic mass is 9.96. The number of carbonyl (C=O) groups excluding carboxylic acids is 1. The lowest BCUT2D eigenvalue weighted by molar-refractivity contribution is -0.122. The van der Waals surface area contributed by atoms with Gasteiger partial charge in [-0.1, -0.05) is 26.1 Å². The molecule has 0 atom stereocenters. The van der Waals surface area contributed by atoms with Crippen molar-refractivity contribution in [2.45, 2.75) is 26.7 Å². The number of amides is 1. The molecule has 0 spiro atoms. The highest BCUT2D eigenvalue weighted by atomic mass is 32.1. The molecule has 6 heteroatoms. The molecule has 1 amide bonds. The highest BCUT2D eigenvalue weighted by molar-refractivity contribution is 7.80. The van der Waals surface area contributed by atoms with Gasteiger partial charge in [-0.3, -0.25) is 4.79 Å². The van der Waals surface area contributed by atoms with Crippen LogP contribution in [0.2, 0.25) is 0 Å². The first kappa shape index (κ1) is 18.5. The zero-order chi connectivity index (χ0) is 17.7. The molecule has 2 rings (SSSR count). The van der Waals surface area contributed by atoms with Crippen LogP contribution < -0.4 is 15.2 Å². The Morgan fingerprint density at radius 1 is 1.33 bits per heavy atom. The van der Waals surface area contributed by atoms with Crippen LogP contribution in [-0.4, -0.2) is 42.6 Å². The summed E-state index contributed by atoms with van der Waals surface area (Å²) < 4.78 is 11.2. The fraction of sp³-hybridized carbons (Fsp3) is 0.556. The molecule has 0 unspecified atom stereocenters. The van der Waals surface area contributed by atoms with Gasteiger partial charge in [-0.25, -0.2) is 0 Å². The highest BCUT2D eigenvalue weighted by Gasteiger charge is 2.25. The first-order chi connectivity index (χ1) is 11.4. The quantitative estimate of drug-likeness (QED) is 0.799. The molecule has 0 aliphatic carbocycles. The van der Waals surface area contributed by atoms with E-state index in [0.717, 1.165) is 42.2 Å². The third kappa shape index (κ3) is 4.60. The van der Waals surface area contributed by atoms with Crippen LogP contribution in [0.3, 0.4) is 0 Å². The van der Waals surface area contributed by atoms with Gasteiger partial charge in [-0.05, 0) is 37.0 Å². The second kappa shape index (κ2) is 8.33. The van der Waals surface area contributed by atoms with Crippen LogP contribution in [0.5, 0.6) is 11.5 Å². The monoisotopic (exact) mass is 350 g/mol. The number of benzene rings is 1. The van der Waals surface area contributed by atoms with Gasteiger partial charge in [-0.15, -0.1) is 0 Å². The Labute approximate surface area is 149 Å². The molecule has 0 saturated carbocycles. The molecule has 1 aromatic carbocycles.